The largest absolute Gasteiger partial charge is 0.488 e. The van der Waals surface area contributed by atoms with Crippen LogP contribution in [0, 0.1) is 0 Å². The fourth-order valence-electron chi connectivity index (χ4n) is 3.33. The molecule has 0 spiro atoms. The van der Waals surface area contributed by atoms with E-state index in [0.29, 0.717) is 44.2 Å². The molecule has 7 nitrogen and oxygen atoms in total. The summed E-state index contributed by atoms with van der Waals surface area (Å²) in [4.78, 5) is 40.8. The second-order valence-electron chi connectivity index (χ2n) is 7.36. The number of halogens is 2. The summed E-state index contributed by atoms with van der Waals surface area (Å²) in [5.41, 5.74) is 1.65. The lowest BCUT2D eigenvalue weighted by Gasteiger charge is -2.28. The zero-order chi connectivity index (χ0) is 23.4. The maximum absolute atomic E-state index is 12.9. The normalized spacial score (nSPS) is 17.7. The molecule has 0 radical (unpaired) electrons. The van der Waals surface area contributed by atoms with E-state index in [4.69, 9.17) is 9.47 Å². The van der Waals surface area contributed by atoms with Gasteiger partial charge in [-0.15, -0.1) is 0 Å². The molecule has 0 saturated carbocycles. The fourth-order valence-corrected chi connectivity index (χ4v) is 4.80. The van der Waals surface area contributed by atoms with Crippen LogP contribution < -0.4 is 4.74 Å². The second kappa shape index (κ2) is 10.9. The van der Waals surface area contributed by atoms with Gasteiger partial charge in [-0.2, -0.15) is 0 Å². The first kappa shape index (κ1) is 24.0. The summed E-state index contributed by atoms with van der Waals surface area (Å²) in [7, 11) is 0. The number of rotatable bonds is 6. The summed E-state index contributed by atoms with van der Waals surface area (Å²) in [6.45, 7) is 1.92. The minimum Gasteiger partial charge on any atom is -0.488 e. The standard InChI is InChI=1S/C23H20Br2N2O5S/c24-17-3-1-15(2-4-17)14-32-19-6-5-18(25)11-16(19)12-20-22(29)27(23(30)33-20)13-21(28)26-7-9-31-10-8-26/h1-6,11-12H,7-10,13-14H2/b20-12+. The van der Waals surface area contributed by atoms with Crippen molar-refractivity contribution < 1.29 is 23.9 Å². The maximum atomic E-state index is 12.9. The number of hydrogen-bond acceptors (Lipinski definition) is 6. The summed E-state index contributed by atoms with van der Waals surface area (Å²) in [6, 6.07) is 13.3. The Hall–Kier alpha value is -2.14. The Morgan fingerprint density at radius 2 is 1.76 bits per heavy atom. The summed E-state index contributed by atoms with van der Waals surface area (Å²) < 4.78 is 13.0. The fraction of sp³-hybridized carbons (Fsp3) is 0.261. The van der Waals surface area contributed by atoms with Crippen molar-refractivity contribution in [2.45, 2.75) is 6.61 Å². The highest BCUT2D eigenvalue weighted by Gasteiger charge is 2.37. The third-order valence-electron chi connectivity index (χ3n) is 5.10. The summed E-state index contributed by atoms with van der Waals surface area (Å²) in [5, 5.41) is -0.458. The van der Waals surface area contributed by atoms with E-state index in [0.717, 1.165) is 31.2 Å². The average Bonchev–Trinajstić information content (AvgIpc) is 3.07. The molecule has 172 valence electrons. The van der Waals surface area contributed by atoms with E-state index in [2.05, 4.69) is 31.9 Å². The molecular formula is C23H20Br2N2O5S. The molecule has 10 heteroatoms. The van der Waals surface area contributed by atoms with Gasteiger partial charge in [0, 0.05) is 27.6 Å². The number of amides is 3. The van der Waals surface area contributed by atoms with Crippen molar-refractivity contribution in [2.75, 3.05) is 32.8 Å². The smallest absolute Gasteiger partial charge is 0.294 e. The predicted molar refractivity (Wildman–Crippen MR) is 133 cm³/mol. The van der Waals surface area contributed by atoms with Crippen LogP contribution in [0.1, 0.15) is 11.1 Å². The molecule has 0 bridgehead atoms. The molecule has 0 atom stereocenters. The molecule has 2 aromatic carbocycles. The van der Waals surface area contributed by atoms with E-state index in [1.54, 1.807) is 17.0 Å². The third-order valence-corrected chi connectivity index (χ3v) is 7.03. The van der Waals surface area contributed by atoms with E-state index in [1.165, 1.54) is 0 Å². The summed E-state index contributed by atoms with van der Waals surface area (Å²) in [5.74, 6) is -0.161. The lowest BCUT2D eigenvalue weighted by Crippen LogP contribution is -2.46. The van der Waals surface area contributed by atoms with Crippen LogP contribution in [-0.2, 0) is 20.9 Å². The van der Waals surface area contributed by atoms with Crippen molar-refractivity contribution >= 4 is 66.8 Å². The molecule has 3 amide bonds. The lowest BCUT2D eigenvalue weighted by molar-refractivity contribution is -0.139. The first-order valence-corrected chi connectivity index (χ1v) is 12.6. The Kier molecular flexibility index (Phi) is 7.90. The number of imide groups is 1. The van der Waals surface area contributed by atoms with Crippen LogP contribution in [-0.4, -0.2) is 59.7 Å². The van der Waals surface area contributed by atoms with E-state index in [9.17, 15) is 14.4 Å². The Morgan fingerprint density at radius 1 is 1.06 bits per heavy atom. The third kappa shape index (κ3) is 6.06. The quantitative estimate of drug-likeness (QED) is 0.451. The molecule has 0 aliphatic carbocycles. The van der Waals surface area contributed by atoms with Crippen LogP contribution in [0.5, 0.6) is 5.75 Å². The van der Waals surface area contributed by atoms with Gasteiger partial charge in [-0.05, 0) is 53.7 Å². The minimum atomic E-state index is -0.481. The minimum absolute atomic E-state index is 0.251. The van der Waals surface area contributed by atoms with Crippen molar-refractivity contribution in [1.82, 2.24) is 9.80 Å². The molecule has 0 N–H and O–H groups in total. The topological polar surface area (TPSA) is 76.2 Å². The highest BCUT2D eigenvalue weighted by Crippen LogP contribution is 2.35. The maximum Gasteiger partial charge on any atom is 0.294 e. The van der Waals surface area contributed by atoms with Gasteiger partial charge in [0.15, 0.2) is 0 Å². The molecule has 0 aromatic heterocycles. The Labute approximate surface area is 212 Å². The summed E-state index contributed by atoms with van der Waals surface area (Å²) >= 11 is 7.68. The molecule has 2 aliphatic rings. The van der Waals surface area contributed by atoms with E-state index in [-0.39, 0.29) is 17.4 Å². The number of benzene rings is 2. The van der Waals surface area contributed by atoms with Crippen LogP contribution in [0.4, 0.5) is 4.79 Å². The number of carbonyl (C=O) groups is 3. The molecule has 4 rings (SSSR count). The van der Waals surface area contributed by atoms with Crippen LogP contribution in [0.25, 0.3) is 6.08 Å². The van der Waals surface area contributed by atoms with Gasteiger partial charge in [0.2, 0.25) is 5.91 Å². The second-order valence-corrected chi connectivity index (χ2v) is 10.2. The van der Waals surface area contributed by atoms with Gasteiger partial charge in [0.25, 0.3) is 11.1 Å². The van der Waals surface area contributed by atoms with Crippen LogP contribution in [0.3, 0.4) is 0 Å². The van der Waals surface area contributed by atoms with Crippen molar-refractivity contribution in [2.24, 2.45) is 0 Å². The SMILES string of the molecule is O=C(CN1C(=O)S/C(=C/c2cc(Br)ccc2OCc2ccc(Br)cc2)C1=O)N1CCOCC1. The number of morpholine rings is 1. The van der Waals surface area contributed by atoms with E-state index >= 15 is 0 Å². The molecule has 0 unspecified atom stereocenters. The Balaban J connectivity index is 1.49. The molecule has 33 heavy (non-hydrogen) atoms. The van der Waals surface area contributed by atoms with Gasteiger partial charge in [-0.1, -0.05) is 44.0 Å². The van der Waals surface area contributed by atoms with Crippen molar-refractivity contribution in [3.05, 3.63) is 67.4 Å². The first-order valence-electron chi connectivity index (χ1n) is 10.2. The Morgan fingerprint density at radius 3 is 2.48 bits per heavy atom. The van der Waals surface area contributed by atoms with Crippen LogP contribution >= 0.6 is 43.6 Å². The Bertz CT molecular complexity index is 1100. The molecule has 2 heterocycles. The highest BCUT2D eigenvalue weighted by atomic mass is 79.9. The molecule has 2 aliphatic heterocycles. The average molecular weight is 596 g/mol. The van der Waals surface area contributed by atoms with Crippen LogP contribution in [0.2, 0.25) is 0 Å². The summed E-state index contributed by atoms with van der Waals surface area (Å²) in [6.07, 6.45) is 1.63. The van der Waals surface area contributed by atoms with Gasteiger partial charge in [-0.3, -0.25) is 19.3 Å². The predicted octanol–water partition coefficient (Wildman–Crippen LogP) is 4.69. The van der Waals surface area contributed by atoms with Gasteiger partial charge >= 0.3 is 0 Å². The number of ether oxygens (including phenoxy) is 2. The van der Waals surface area contributed by atoms with E-state index < -0.39 is 11.1 Å². The lowest BCUT2D eigenvalue weighted by atomic mass is 10.1. The van der Waals surface area contributed by atoms with Crippen LogP contribution in [0.15, 0.2) is 56.3 Å². The van der Waals surface area contributed by atoms with E-state index in [1.807, 2.05) is 36.4 Å². The number of carbonyl (C=O) groups excluding carboxylic acids is 3. The molecule has 2 saturated heterocycles. The van der Waals surface area contributed by atoms with Gasteiger partial charge in [0.05, 0.1) is 18.1 Å². The van der Waals surface area contributed by atoms with Gasteiger partial charge in [-0.25, -0.2) is 0 Å². The van der Waals surface area contributed by atoms with Gasteiger partial charge < -0.3 is 14.4 Å². The van der Waals surface area contributed by atoms with Crippen molar-refractivity contribution in [3.63, 3.8) is 0 Å². The molecule has 2 aromatic rings. The number of thioether (sulfide) groups is 1. The highest BCUT2D eigenvalue weighted by molar-refractivity contribution is 9.10. The first-order chi connectivity index (χ1) is 15.9. The zero-order valence-corrected chi connectivity index (χ0v) is 21.4. The molecular weight excluding hydrogens is 576 g/mol. The van der Waals surface area contributed by atoms with Gasteiger partial charge in [0.1, 0.15) is 18.9 Å². The number of nitrogens with zero attached hydrogens (tertiary/aromatic N) is 2. The molecule has 2 fully saturated rings. The van der Waals surface area contributed by atoms with Crippen molar-refractivity contribution in [1.29, 1.82) is 0 Å². The van der Waals surface area contributed by atoms with Crippen molar-refractivity contribution in [3.8, 4) is 5.75 Å². The zero-order valence-electron chi connectivity index (χ0n) is 17.5. The number of hydrogen-bond donors (Lipinski definition) is 0. The monoisotopic (exact) mass is 594 g/mol.